The minimum absolute atomic E-state index is 0. The van der Waals surface area contributed by atoms with E-state index in [0.717, 1.165) is 59.0 Å². The van der Waals surface area contributed by atoms with Gasteiger partial charge in [0.2, 0.25) is 0 Å². The quantitative estimate of drug-likeness (QED) is 0.101. The van der Waals surface area contributed by atoms with Crippen LogP contribution in [-0.4, -0.2) is 25.8 Å². The van der Waals surface area contributed by atoms with Crippen molar-refractivity contribution in [1.82, 2.24) is 15.0 Å². The van der Waals surface area contributed by atoms with Gasteiger partial charge in [-0.05, 0) is 66.2 Å². The summed E-state index contributed by atoms with van der Waals surface area (Å²) in [6, 6.07) is 11.4. The summed E-state index contributed by atoms with van der Waals surface area (Å²) in [6.07, 6.45) is 8.42. The third-order valence-corrected chi connectivity index (χ3v) is 9.51. The van der Waals surface area contributed by atoms with Crippen LogP contribution in [-0.2, 0) is 30.3 Å². The number of pyridine rings is 3. The van der Waals surface area contributed by atoms with E-state index < -0.39 is 0 Å². The molecule has 1 N–H and O–H groups in total. The number of fused-ring (bicyclic) bond motifs is 3. The average Bonchev–Trinajstić information content (AvgIpc) is 3.00. The van der Waals surface area contributed by atoms with Gasteiger partial charge >= 0.3 is 0 Å². The Hall–Kier alpha value is -3.15. The van der Waals surface area contributed by atoms with Crippen molar-refractivity contribution in [2.45, 2.75) is 100 Å². The normalized spacial score (nSPS) is 13.0. The molecule has 4 heterocycles. The summed E-state index contributed by atoms with van der Waals surface area (Å²) < 4.78 is 6.16. The summed E-state index contributed by atoms with van der Waals surface area (Å²) in [5.74, 6) is 1.60. The van der Waals surface area contributed by atoms with Crippen LogP contribution in [0.4, 0.5) is 0 Å². The van der Waals surface area contributed by atoms with Crippen LogP contribution < -0.4 is 4.74 Å². The molecule has 4 aromatic rings. The van der Waals surface area contributed by atoms with E-state index in [-0.39, 0.29) is 47.9 Å². The average molecular weight is 773 g/mol. The van der Waals surface area contributed by atoms with Crippen LogP contribution in [0.2, 0.25) is 0 Å². The number of hydrogen-bond acceptors (Lipinski definition) is 6. The molecule has 1 radical (unpaired) electrons. The third kappa shape index (κ3) is 6.60. The number of hydrogen-bond donors (Lipinski definition) is 1. The predicted molar refractivity (Wildman–Crippen MR) is 176 cm³/mol. The molecule has 237 valence electrons. The summed E-state index contributed by atoms with van der Waals surface area (Å²) >= 11 is 0. The Balaban J connectivity index is 0.000000260. The van der Waals surface area contributed by atoms with Gasteiger partial charge in [0, 0.05) is 60.5 Å². The van der Waals surface area contributed by atoms with Crippen LogP contribution in [0.5, 0.6) is 11.6 Å². The number of ketones is 1. The molecule has 0 saturated carbocycles. The number of aromatic nitrogens is 3. The van der Waals surface area contributed by atoms with Crippen molar-refractivity contribution in [3.8, 4) is 22.9 Å². The van der Waals surface area contributed by atoms with Crippen molar-refractivity contribution in [1.29, 1.82) is 0 Å². The number of allylic oxidation sites excluding steroid dienone is 2. The Morgan fingerprint density at radius 2 is 1.57 bits per heavy atom. The van der Waals surface area contributed by atoms with Gasteiger partial charge in [0.1, 0.15) is 11.5 Å². The molecule has 0 atom stereocenters. The summed E-state index contributed by atoms with van der Waals surface area (Å²) in [7, 11) is 0. The molecule has 0 aliphatic carbocycles. The van der Waals surface area contributed by atoms with Crippen molar-refractivity contribution in [3.63, 3.8) is 0 Å². The maximum Gasteiger partial charge on any atom is 0.164 e. The summed E-state index contributed by atoms with van der Waals surface area (Å²) in [5.41, 5.74) is 4.17. The van der Waals surface area contributed by atoms with E-state index in [2.05, 4.69) is 49.8 Å². The number of aryl methyl sites for hydroxylation is 1. The van der Waals surface area contributed by atoms with E-state index in [1.165, 1.54) is 17.0 Å². The Kier molecular flexibility index (Phi) is 10.8. The molecule has 0 unspecified atom stereocenters. The molecule has 6 nitrogen and oxygen atoms in total. The summed E-state index contributed by atoms with van der Waals surface area (Å²) in [4.78, 5) is 25.8. The zero-order valence-electron chi connectivity index (χ0n) is 27.8. The standard InChI is InChI=1S/C22H18N3O.C15H28O2.Ir/c1-12-11-24-19-14-10-13-6-5-9-23-20(13)25-21(14)26-16-8-7-15(22(2,3)4)17(12)18(16)19;1-7-14(5,8-2)12(16)11-13(17)15(6,9-3)10-4;/h5-9,11H,1-4H3;11,16H,7-10H2,1-6H3;/q-1;;/b;12-11-;. The Labute approximate surface area is 276 Å². The van der Waals surface area contributed by atoms with E-state index >= 15 is 0 Å². The molecule has 0 spiro atoms. The summed E-state index contributed by atoms with van der Waals surface area (Å²) in [5, 5.41) is 13.3. The fraction of sp³-hybridized carbons (Fsp3) is 0.459. The van der Waals surface area contributed by atoms with E-state index in [1.54, 1.807) is 6.20 Å². The van der Waals surface area contributed by atoms with Gasteiger partial charge in [-0.3, -0.25) is 19.7 Å². The molecule has 0 fully saturated rings. The van der Waals surface area contributed by atoms with Gasteiger partial charge in [-0.1, -0.05) is 79.8 Å². The van der Waals surface area contributed by atoms with Gasteiger partial charge in [0.25, 0.3) is 0 Å². The number of ether oxygens (including phenoxy) is 1. The smallest absolute Gasteiger partial charge is 0.164 e. The van der Waals surface area contributed by atoms with Crippen LogP contribution in [0.25, 0.3) is 33.1 Å². The topological polar surface area (TPSA) is 85.2 Å². The molecule has 7 heteroatoms. The second kappa shape index (κ2) is 13.5. The van der Waals surface area contributed by atoms with Gasteiger partial charge in [0.05, 0.1) is 5.65 Å². The molecule has 0 bridgehead atoms. The summed E-state index contributed by atoms with van der Waals surface area (Å²) in [6.45, 7) is 20.9. The first-order valence-electron chi connectivity index (χ1n) is 15.5. The second-order valence-corrected chi connectivity index (χ2v) is 13.2. The van der Waals surface area contributed by atoms with Crippen molar-refractivity contribution < 1.29 is 34.7 Å². The number of benzene rings is 1. The molecule has 5 rings (SSSR count). The zero-order valence-corrected chi connectivity index (χ0v) is 30.2. The molecule has 0 saturated heterocycles. The minimum Gasteiger partial charge on any atom is -0.512 e. The van der Waals surface area contributed by atoms with Gasteiger partial charge < -0.3 is 9.84 Å². The second-order valence-electron chi connectivity index (χ2n) is 13.2. The number of nitrogens with zero attached hydrogens (tertiary/aromatic N) is 3. The first kappa shape index (κ1) is 35.3. The Bertz CT molecular complexity index is 1700. The SMILES string of the molecule is CCC(C)(CC)C(=O)/C=C(\O)C(C)(CC)CC.Cc1cnc2c3c(ccc(C(C)(C)C)c13)Oc1nc3ncccc3[c-]c1-2.[Ir]. The number of carbonyl (C=O) groups is 1. The first-order valence-corrected chi connectivity index (χ1v) is 15.5. The maximum atomic E-state index is 12.2. The van der Waals surface area contributed by atoms with Crippen LogP contribution in [0.15, 0.2) is 48.5 Å². The largest absolute Gasteiger partial charge is 0.512 e. The van der Waals surface area contributed by atoms with Crippen molar-refractivity contribution >= 4 is 27.6 Å². The van der Waals surface area contributed by atoms with Crippen molar-refractivity contribution in [2.24, 2.45) is 10.8 Å². The molecule has 3 aromatic heterocycles. The third-order valence-electron chi connectivity index (χ3n) is 9.51. The number of aliphatic hydroxyl groups is 1. The molecule has 1 aromatic carbocycles. The van der Waals surface area contributed by atoms with E-state index in [0.29, 0.717) is 11.5 Å². The van der Waals surface area contributed by atoms with Crippen LogP contribution in [0.3, 0.4) is 0 Å². The minimum atomic E-state index is -0.337. The van der Waals surface area contributed by atoms with Crippen LogP contribution in [0.1, 0.15) is 99.1 Å². The Morgan fingerprint density at radius 1 is 0.932 bits per heavy atom. The molecular formula is C37H46IrN3O3-. The zero-order chi connectivity index (χ0) is 31.7. The first-order chi connectivity index (χ1) is 20.2. The fourth-order valence-electron chi connectivity index (χ4n) is 5.36. The fourth-order valence-corrected chi connectivity index (χ4v) is 5.36. The van der Waals surface area contributed by atoms with E-state index in [1.807, 2.05) is 65.9 Å². The number of rotatable bonds is 7. The molecule has 1 aliphatic rings. The molecule has 1 aliphatic heterocycles. The van der Waals surface area contributed by atoms with E-state index in [4.69, 9.17) is 9.72 Å². The molecular weight excluding hydrogens is 727 g/mol. The van der Waals surface area contributed by atoms with Gasteiger partial charge in [-0.15, -0.1) is 12.1 Å². The number of aliphatic hydroxyl groups excluding tert-OH is 1. The predicted octanol–water partition coefficient (Wildman–Crippen LogP) is 10.0. The van der Waals surface area contributed by atoms with Crippen LogP contribution in [0, 0.1) is 23.8 Å². The van der Waals surface area contributed by atoms with Crippen LogP contribution >= 0.6 is 0 Å². The Morgan fingerprint density at radius 3 is 2.16 bits per heavy atom. The van der Waals surface area contributed by atoms with Gasteiger partial charge in [0.15, 0.2) is 11.7 Å². The monoisotopic (exact) mass is 773 g/mol. The van der Waals surface area contributed by atoms with Crippen molar-refractivity contribution in [2.75, 3.05) is 0 Å². The van der Waals surface area contributed by atoms with Crippen molar-refractivity contribution in [3.05, 3.63) is 65.7 Å². The van der Waals surface area contributed by atoms with Gasteiger partial charge in [-0.2, -0.15) is 0 Å². The molecule has 44 heavy (non-hydrogen) atoms. The van der Waals surface area contributed by atoms with E-state index in [9.17, 15) is 9.90 Å². The maximum absolute atomic E-state index is 12.2. The molecule has 0 amide bonds. The van der Waals surface area contributed by atoms with Gasteiger partial charge in [-0.25, -0.2) is 0 Å². The number of carbonyl (C=O) groups excluding carboxylic acids is 1.